The van der Waals surface area contributed by atoms with Crippen LogP contribution in [0.15, 0.2) is 30.3 Å². The summed E-state index contributed by atoms with van der Waals surface area (Å²) in [4.78, 5) is 11.8. The van der Waals surface area contributed by atoms with Crippen molar-refractivity contribution in [1.82, 2.24) is 0 Å². The molecule has 7 heteroatoms. The molecule has 0 saturated heterocycles. The molecular formula is C29H46O5SSi. The Morgan fingerprint density at radius 1 is 1.11 bits per heavy atom. The number of fused-ring (bicyclic) bond motifs is 1. The number of carboxylic acids is 1. The normalized spacial score (nSPS) is 23.9. The van der Waals surface area contributed by atoms with Crippen LogP contribution in [-0.2, 0) is 9.22 Å². The van der Waals surface area contributed by atoms with Crippen LogP contribution in [0.4, 0.5) is 0 Å². The molecule has 1 aromatic carbocycles. The van der Waals surface area contributed by atoms with E-state index in [1.165, 1.54) is 10.1 Å². The standard InChI is InChI=1S/C29H46O5SSi/c1-29(2,3)36(4,5)34-25-19-24(31)21(22(25)13-8-6-7-9-15-28(32)33)16-17-23(30)27-18-20-12-10-11-14-26(20)35-27/h10-12,14,18,21-25,30-31H,6-9,13,15-17,19H2,1-5H3,(H,32,33)/t21-,22-,23-,24-,25+/m1/s1. The number of thiophene rings is 1. The second-order valence-electron chi connectivity index (χ2n) is 12.2. The van der Waals surface area contributed by atoms with E-state index in [4.69, 9.17) is 9.53 Å². The van der Waals surface area contributed by atoms with Crippen molar-refractivity contribution in [2.45, 2.75) is 115 Å². The van der Waals surface area contributed by atoms with Gasteiger partial charge in [0, 0.05) is 16.0 Å². The van der Waals surface area contributed by atoms with Crippen molar-refractivity contribution in [1.29, 1.82) is 0 Å². The Labute approximate surface area is 222 Å². The Hall–Kier alpha value is -1.25. The predicted molar refractivity (Wildman–Crippen MR) is 151 cm³/mol. The molecule has 0 radical (unpaired) electrons. The zero-order chi connectivity index (χ0) is 26.5. The lowest BCUT2D eigenvalue weighted by atomic mass is 9.84. The second-order valence-corrected chi connectivity index (χ2v) is 18.0. The predicted octanol–water partition coefficient (Wildman–Crippen LogP) is 7.53. The van der Waals surface area contributed by atoms with Gasteiger partial charge in [-0.05, 0) is 79.6 Å². The van der Waals surface area contributed by atoms with Gasteiger partial charge in [0.25, 0.3) is 0 Å². The van der Waals surface area contributed by atoms with Crippen molar-refractivity contribution < 1.29 is 24.5 Å². The third kappa shape index (κ3) is 7.64. The lowest BCUT2D eigenvalue weighted by Crippen LogP contribution is -2.45. The number of aliphatic carboxylic acids is 1. The van der Waals surface area contributed by atoms with Crippen molar-refractivity contribution in [3.63, 3.8) is 0 Å². The van der Waals surface area contributed by atoms with Crippen molar-refractivity contribution in [3.05, 3.63) is 35.2 Å². The molecule has 0 unspecified atom stereocenters. The fourth-order valence-electron chi connectivity index (χ4n) is 5.31. The maximum atomic E-state index is 11.1. The summed E-state index contributed by atoms with van der Waals surface area (Å²) in [5.74, 6) is -0.347. The molecule has 36 heavy (non-hydrogen) atoms. The molecule has 3 rings (SSSR count). The fraction of sp³-hybridized carbons (Fsp3) is 0.690. The molecule has 0 bridgehead atoms. The van der Waals surface area contributed by atoms with Gasteiger partial charge in [0.15, 0.2) is 8.32 Å². The van der Waals surface area contributed by atoms with E-state index in [9.17, 15) is 15.0 Å². The molecule has 3 N–H and O–H groups in total. The van der Waals surface area contributed by atoms with Gasteiger partial charge in [-0.3, -0.25) is 4.79 Å². The quantitative estimate of drug-likeness (QED) is 0.183. The molecule has 1 aliphatic rings. The van der Waals surface area contributed by atoms with E-state index in [0.717, 1.165) is 43.4 Å². The second kappa shape index (κ2) is 12.5. The van der Waals surface area contributed by atoms with E-state index in [1.54, 1.807) is 11.3 Å². The van der Waals surface area contributed by atoms with Gasteiger partial charge in [-0.25, -0.2) is 0 Å². The number of benzene rings is 1. The van der Waals surface area contributed by atoms with Gasteiger partial charge in [-0.1, -0.05) is 58.2 Å². The van der Waals surface area contributed by atoms with E-state index in [-0.39, 0.29) is 29.4 Å². The van der Waals surface area contributed by atoms with Gasteiger partial charge in [-0.2, -0.15) is 0 Å². The number of aliphatic hydroxyl groups is 2. The molecule has 1 heterocycles. The zero-order valence-corrected chi connectivity index (χ0v) is 24.5. The van der Waals surface area contributed by atoms with Crippen LogP contribution in [0.3, 0.4) is 0 Å². The highest BCUT2D eigenvalue weighted by atomic mass is 32.1. The summed E-state index contributed by atoms with van der Waals surface area (Å²) >= 11 is 1.65. The van der Waals surface area contributed by atoms with Gasteiger partial charge in [0.05, 0.1) is 18.3 Å². The lowest BCUT2D eigenvalue weighted by Gasteiger charge is -2.40. The molecule has 5 atom stereocenters. The molecule has 1 fully saturated rings. The van der Waals surface area contributed by atoms with Crippen LogP contribution < -0.4 is 0 Å². The van der Waals surface area contributed by atoms with Crippen molar-refractivity contribution >= 4 is 35.7 Å². The number of unbranched alkanes of at least 4 members (excludes halogenated alkanes) is 3. The lowest BCUT2D eigenvalue weighted by molar-refractivity contribution is -0.137. The number of carbonyl (C=O) groups is 1. The molecule has 1 aliphatic carbocycles. The molecular weight excluding hydrogens is 488 g/mol. The van der Waals surface area contributed by atoms with Gasteiger partial charge in [0.1, 0.15) is 0 Å². The Bertz CT molecular complexity index is 948. The zero-order valence-electron chi connectivity index (χ0n) is 22.7. The van der Waals surface area contributed by atoms with Gasteiger partial charge >= 0.3 is 5.97 Å². The van der Waals surface area contributed by atoms with Gasteiger partial charge < -0.3 is 19.7 Å². The summed E-state index contributed by atoms with van der Waals surface area (Å²) < 4.78 is 8.05. The minimum Gasteiger partial charge on any atom is -0.481 e. The maximum absolute atomic E-state index is 11.1. The van der Waals surface area contributed by atoms with Crippen molar-refractivity contribution in [2.24, 2.45) is 11.8 Å². The minimum absolute atomic E-state index is 0.0476. The summed E-state index contributed by atoms with van der Waals surface area (Å²) in [6, 6.07) is 10.3. The Morgan fingerprint density at radius 3 is 2.47 bits per heavy atom. The Balaban J connectivity index is 1.65. The highest BCUT2D eigenvalue weighted by Crippen LogP contribution is 2.46. The first-order chi connectivity index (χ1) is 16.9. The Morgan fingerprint density at radius 2 is 1.81 bits per heavy atom. The minimum atomic E-state index is -1.98. The van der Waals surface area contributed by atoms with Crippen LogP contribution in [0.1, 0.15) is 89.5 Å². The van der Waals surface area contributed by atoms with Crippen LogP contribution in [0.2, 0.25) is 18.1 Å². The fourth-order valence-corrected chi connectivity index (χ4v) is 7.78. The molecule has 0 amide bonds. The van der Waals surface area contributed by atoms with Crippen LogP contribution >= 0.6 is 11.3 Å². The maximum Gasteiger partial charge on any atom is 0.303 e. The Kier molecular flexibility index (Phi) is 10.2. The topological polar surface area (TPSA) is 87.0 Å². The first-order valence-electron chi connectivity index (χ1n) is 13.6. The number of rotatable bonds is 13. The smallest absolute Gasteiger partial charge is 0.303 e. The summed E-state index contributed by atoms with van der Waals surface area (Å²) in [7, 11) is -1.98. The molecule has 2 aromatic rings. The van der Waals surface area contributed by atoms with Gasteiger partial charge in [0.2, 0.25) is 0 Å². The van der Waals surface area contributed by atoms with Crippen molar-refractivity contribution in [2.75, 3.05) is 0 Å². The number of hydrogen-bond donors (Lipinski definition) is 3. The highest BCUT2D eigenvalue weighted by molar-refractivity contribution is 7.19. The van der Waals surface area contributed by atoms with E-state index in [2.05, 4.69) is 52.1 Å². The van der Waals surface area contributed by atoms with Crippen LogP contribution in [0.5, 0.6) is 0 Å². The average molecular weight is 535 g/mol. The molecule has 1 saturated carbocycles. The van der Waals surface area contributed by atoms with Crippen LogP contribution in [0, 0.1) is 11.8 Å². The van der Waals surface area contributed by atoms with E-state index >= 15 is 0 Å². The third-order valence-corrected chi connectivity index (χ3v) is 14.2. The molecule has 1 aromatic heterocycles. The third-order valence-electron chi connectivity index (χ3n) is 8.47. The summed E-state index contributed by atoms with van der Waals surface area (Å²) in [5.41, 5.74) is 0. The highest BCUT2D eigenvalue weighted by Gasteiger charge is 2.47. The van der Waals surface area contributed by atoms with Gasteiger partial charge in [-0.15, -0.1) is 11.3 Å². The average Bonchev–Trinajstić information content (AvgIpc) is 3.34. The van der Waals surface area contributed by atoms with Crippen molar-refractivity contribution in [3.8, 4) is 0 Å². The first kappa shape index (κ1) is 29.3. The number of hydrogen-bond acceptors (Lipinski definition) is 5. The largest absolute Gasteiger partial charge is 0.481 e. The molecule has 0 aliphatic heterocycles. The monoisotopic (exact) mass is 534 g/mol. The molecule has 5 nitrogen and oxygen atoms in total. The van der Waals surface area contributed by atoms with E-state index in [1.807, 2.05) is 12.1 Å². The summed E-state index contributed by atoms with van der Waals surface area (Å²) in [5, 5.41) is 32.3. The summed E-state index contributed by atoms with van der Waals surface area (Å²) in [6.07, 6.45) is 6.07. The van der Waals surface area contributed by atoms with Crippen LogP contribution in [0.25, 0.3) is 10.1 Å². The molecule has 202 valence electrons. The number of carboxylic acid groups (broad SMARTS) is 1. The first-order valence-corrected chi connectivity index (χ1v) is 17.4. The molecule has 0 spiro atoms. The van der Waals surface area contributed by atoms with Crippen LogP contribution in [-0.4, -0.2) is 41.8 Å². The van der Waals surface area contributed by atoms with E-state index < -0.39 is 26.5 Å². The number of aliphatic hydroxyl groups excluding tert-OH is 2. The SMILES string of the molecule is CC(C)(C)[Si](C)(C)O[C@H]1C[C@@H](O)[C@H](CC[C@@H](O)c2cc3ccccc3s2)[C@H]1CCCCCCC(=O)O. The van der Waals surface area contributed by atoms with E-state index in [0.29, 0.717) is 12.8 Å². The summed E-state index contributed by atoms with van der Waals surface area (Å²) in [6.45, 7) is 11.3.